The molecular weight excluding hydrogens is 586 g/mol. The highest BCUT2D eigenvalue weighted by molar-refractivity contribution is 6.76. The number of nitrogens with one attached hydrogen (secondary N) is 1. The summed E-state index contributed by atoms with van der Waals surface area (Å²) in [5, 5.41) is 3.15. The van der Waals surface area contributed by atoms with Crippen LogP contribution in [0.25, 0.3) is 0 Å². The van der Waals surface area contributed by atoms with Crippen LogP contribution in [-0.4, -0.2) is 67.1 Å². The first-order valence-corrected chi connectivity index (χ1v) is 20.1. The molecule has 2 aliphatic heterocycles. The van der Waals surface area contributed by atoms with Crippen LogP contribution in [0.2, 0.25) is 25.7 Å². The highest BCUT2D eigenvalue weighted by Crippen LogP contribution is 2.32. The van der Waals surface area contributed by atoms with Gasteiger partial charge in [0.25, 0.3) is 11.8 Å². The molecule has 0 radical (unpaired) electrons. The van der Waals surface area contributed by atoms with E-state index in [9.17, 15) is 19.2 Å². The zero-order valence-electron chi connectivity index (χ0n) is 26.9. The Hall–Kier alpha value is -3.50. The van der Waals surface area contributed by atoms with Gasteiger partial charge in [0.1, 0.15) is 19.4 Å². The minimum absolute atomic E-state index is 0.0125. The Morgan fingerprint density at radius 2 is 1.73 bits per heavy atom. The number of likely N-dealkylation sites (tertiary alicyclic amines) is 1. The summed E-state index contributed by atoms with van der Waals surface area (Å²) in [7, 11) is -1.30. The number of hydrogen-bond acceptors (Lipinski definition) is 6. The Labute approximate surface area is 267 Å². The molecule has 2 aromatic carbocycles. The van der Waals surface area contributed by atoms with Crippen molar-refractivity contribution in [3.63, 3.8) is 0 Å². The van der Waals surface area contributed by atoms with Crippen LogP contribution < -0.4 is 5.32 Å². The third-order valence-corrected chi connectivity index (χ3v) is 11.0. The van der Waals surface area contributed by atoms with E-state index in [1.165, 1.54) is 4.90 Å². The number of amides is 4. The SMILES string of the molecule is C[Si](C)(C)CCOCN1C(=O)CCC(N2Cc3cc(C[C@H]4CCCCC[C@@H]4NC(=O)OCc4ccccc4)ccc3C2=O)C1=O. The van der Waals surface area contributed by atoms with E-state index in [0.29, 0.717) is 25.1 Å². The van der Waals surface area contributed by atoms with Crippen LogP contribution >= 0.6 is 0 Å². The molecule has 0 aromatic heterocycles. The number of hydrogen-bond donors (Lipinski definition) is 1. The smallest absolute Gasteiger partial charge is 0.407 e. The van der Waals surface area contributed by atoms with Gasteiger partial charge in [-0.25, -0.2) is 4.79 Å². The molecule has 9 nitrogen and oxygen atoms in total. The summed E-state index contributed by atoms with van der Waals surface area (Å²) in [4.78, 5) is 55.0. The first kappa shape index (κ1) is 32.9. The Morgan fingerprint density at radius 1 is 0.956 bits per heavy atom. The van der Waals surface area contributed by atoms with Crippen LogP contribution in [-0.2, 0) is 38.6 Å². The van der Waals surface area contributed by atoms with Crippen molar-refractivity contribution >= 4 is 31.9 Å². The van der Waals surface area contributed by atoms with Gasteiger partial charge >= 0.3 is 6.09 Å². The van der Waals surface area contributed by atoms with E-state index in [2.05, 4.69) is 31.0 Å². The number of piperidine rings is 1. The molecule has 45 heavy (non-hydrogen) atoms. The molecule has 5 rings (SSSR count). The lowest BCUT2D eigenvalue weighted by molar-refractivity contribution is -0.158. The van der Waals surface area contributed by atoms with Crippen LogP contribution in [0.1, 0.15) is 72.0 Å². The maximum Gasteiger partial charge on any atom is 0.407 e. The van der Waals surface area contributed by atoms with Crippen LogP contribution in [0.4, 0.5) is 4.79 Å². The average Bonchev–Trinajstić information content (AvgIpc) is 3.17. The number of imide groups is 1. The zero-order valence-corrected chi connectivity index (χ0v) is 27.9. The molecule has 1 saturated carbocycles. The molecule has 1 unspecified atom stereocenters. The number of carbonyl (C=O) groups is 4. The molecule has 3 aliphatic rings. The lowest BCUT2D eigenvalue weighted by atomic mass is 9.87. The van der Waals surface area contributed by atoms with Crippen LogP contribution in [0.3, 0.4) is 0 Å². The summed E-state index contributed by atoms with van der Waals surface area (Å²) in [6.07, 6.45) is 6.15. The first-order chi connectivity index (χ1) is 21.6. The summed E-state index contributed by atoms with van der Waals surface area (Å²) < 4.78 is 11.3. The lowest BCUT2D eigenvalue weighted by Gasteiger charge is -2.35. The Kier molecular flexibility index (Phi) is 10.8. The van der Waals surface area contributed by atoms with Crippen molar-refractivity contribution in [2.75, 3.05) is 13.3 Å². The van der Waals surface area contributed by atoms with Gasteiger partial charge in [0, 0.05) is 39.3 Å². The topological polar surface area (TPSA) is 105 Å². The number of benzene rings is 2. The maximum absolute atomic E-state index is 13.5. The van der Waals surface area contributed by atoms with Crippen LogP contribution in [0, 0.1) is 5.92 Å². The zero-order chi connectivity index (χ0) is 32.0. The molecule has 1 N–H and O–H groups in total. The summed E-state index contributed by atoms with van der Waals surface area (Å²) in [6, 6.07) is 15.9. The van der Waals surface area contributed by atoms with Crippen molar-refractivity contribution < 1.29 is 28.7 Å². The molecule has 2 fully saturated rings. The summed E-state index contributed by atoms with van der Waals surface area (Å²) in [5.41, 5.74) is 3.58. The average molecular weight is 634 g/mol. The third-order valence-electron chi connectivity index (χ3n) is 9.25. The van der Waals surface area contributed by atoms with Gasteiger partial charge in [-0.05, 0) is 60.4 Å². The number of rotatable bonds is 11. The molecule has 0 bridgehead atoms. The van der Waals surface area contributed by atoms with E-state index >= 15 is 0 Å². The second-order valence-corrected chi connectivity index (χ2v) is 19.5. The third kappa shape index (κ3) is 8.61. The van der Waals surface area contributed by atoms with Gasteiger partial charge < -0.3 is 19.7 Å². The monoisotopic (exact) mass is 633 g/mol. The summed E-state index contributed by atoms with van der Waals surface area (Å²) in [6.45, 7) is 7.79. The first-order valence-electron chi connectivity index (χ1n) is 16.4. The predicted octanol–water partition coefficient (Wildman–Crippen LogP) is 5.89. The fourth-order valence-electron chi connectivity index (χ4n) is 6.59. The molecule has 10 heteroatoms. The molecule has 2 heterocycles. The number of carbonyl (C=O) groups excluding carboxylic acids is 4. The van der Waals surface area contributed by atoms with Crippen molar-refractivity contribution in [2.24, 2.45) is 5.92 Å². The van der Waals surface area contributed by atoms with Gasteiger partial charge in [-0.3, -0.25) is 19.3 Å². The van der Waals surface area contributed by atoms with Crippen molar-refractivity contribution in [3.8, 4) is 0 Å². The van der Waals surface area contributed by atoms with E-state index in [0.717, 1.165) is 61.3 Å². The fraction of sp³-hybridized carbons (Fsp3) is 0.543. The second kappa shape index (κ2) is 14.7. The fourth-order valence-corrected chi connectivity index (χ4v) is 7.35. The quantitative estimate of drug-likeness (QED) is 0.143. The normalized spacial score (nSPS) is 22.3. The van der Waals surface area contributed by atoms with Gasteiger partial charge in [-0.1, -0.05) is 81.4 Å². The number of alkyl carbamates (subject to hydrolysis) is 1. The minimum atomic E-state index is -1.30. The Morgan fingerprint density at radius 3 is 2.51 bits per heavy atom. The minimum Gasteiger partial charge on any atom is -0.445 e. The highest BCUT2D eigenvalue weighted by atomic mass is 28.3. The van der Waals surface area contributed by atoms with E-state index < -0.39 is 20.2 Å². The predicted molar refractivity (Wildman–Crippen MR) is 174 cm³/mol. The molecule has 2 aromatic rings. The van der Waals surface area contributed by atoms with E-state index in [-0.39, 0.29) is 49.4 Å². The van der Waals surface area contributed by atoms with Crippen LogP contribution in [0.15, 0.2) is 48.5 Å². The summed E-state index contributed by atoms with van der Waals surface area (Å²) >= 11 is 0. The van der Waals surface area contributed by atoms with Crippen molar-refractivity contribution in [3.05, 3.63) is 70.8 Å². The van der Waals surface area contributed by atoms with Gasteiger partial charge in [-0.15, -0.1) is 0 Å². The largest absolute Gasteiger partial charge is 0.445 e. The van der Waals surface area contributed by atoms with E-state index in [1.807, 2.05) is 42.5 Å². The van der Waals surface area contributed by atoms with E-state index in [1.54, 1.807) is 4.90 Å². The van der Waals surface area contributed by atoms with Gasteiger partial charge in [0.15, 0.2) is 0 Å². The Bertz CT molecular complexity index is 1380. The highest BCUT2D eigenvalue weighted by Gasteiger charge is 2.43. The van der Waals surface area contributed by atoms with Crippen molar-refractivity contribution in [2.45, 2.75) is 102 Å². The lowest BCUT2D eigenvalue weighted by Crippen LogP contribution is -2.55. The van der Waals surface area contributed by atoms with Crippen LogP contribution in [0.5, 0.6) is 0 Å². The second-order valence-electron chi connectivity index (χ2n) is 13.9. The molecule has 4 amide bonds. The molecule has 1 aliphatic carbocycles. The molecule has 0 spiro atoms. The molecular formula is C35H47N3O6Si. The van der Waals surface area contributed by atoms with Gasteiger partial charge in [0.2, 0.25) is 5.91 Å². The molecule has 3 atom stereocenters. The van der Waals surface area contributed by atoms with Crippen molar-refractivity contribution in [1.29, 1.82) is 0 Å². The molecule has 242 valence electrons. The van der Waals surface area contributed by atoms with Crippen molar-refractivity contribution in [1.82, 2.24) is 15.1 Å². The number of ether oxygens (including phenoxy) is 2. The number of fused-ring (bicyclic) bond motifs is 1. The summed E-state index contributed by atoms with van der Waals surface area (Å²) in [5.74, 6) is -0.513. The Balaban J connectivity index is 1.20. The standard InChI is InChI=1S/C35H47N3O6Si/c1-45(2,3)19-18-43-24-38-32(39)17-16-31(34(38)41)37-22-28-21-26(14-15-29(28)33(37)40)20-27-12-8-5-9-13-30(27)36-35(42)44-23-25-10-6-4-7-11-25/h4,6-7,10-11,14-15,21,27,30-31H,5,8-9,12-13,16-20,22-24H2,1-3H3,(H,36,42)/t27-,30+,31?/m1/s1. The van der Waals surface area contributed by atoms with Gasteiger partial charge in [-0.2, -0.15) is 0 Å². The van der Waals surface area contributed by atoms with Gasteiger partial charge in [0.05, 0.1) is 0 Å². The number of nitrogens with zero attached hydrogens (tertiary/aromatic N) is 2. The van der Waals surface area contributed by atoms with E-state index in [4.69, 9.17) is 9.47 Å². The molecule has 1 saturated heterocycles. The maximum atomic E-state index is 13.5.